The number of ether oxygens (including phenoxy) is 2. The summed E-state index contributed by atoms with van der Waals surface area (Å²) in [5.41, 5.74) is 2.14. The highest BCUT2D eigenvalue weighted by Crippen LogP contribution is 2.33. The van der Waals surface area contributed by atoms with Crippen LogP contribution in [-0.2, 0) is 16.2 Å². The summed E-state index contributed by atoms with van der Waals surface area (Å²) in [5, 5.41) is 6.80. The number of oxime groups is 1. The Labute approximate surface area is 150 Å². The first-order chi connectivity index (χ1) is 12.6. The molecule has 1 aliphatic heterocycles. The molecule has 1 N–H and O–H groups in total. The summed E-state index contributed by atoms with van der Waals surface area (Å²) < 4.78 is 23.6. The van der Waals surface area contributed by atoms with Gasteiger partial charge >= 0.3 is 0 Å². The number of halogens is 1. The summed E-state index contributed by atoms with van der Waals surface area (Å²) in [6.07, 6.45) is -0.403. The Hall–Kier alpha value is -3.09. The van der Waals surface area contributed by atoms with Gasteiger partial charge < -0.3 is 19.6 Å². The lowest BCUT2D eigenvalue weighted by molar-refractivity contribution is -0.131. The average molecular weight is 358 g/mol. The molecule has 1 atom stereocenters. The lowest BCUT2D eigenvalue weighted by Crippen LogP contribution is -2.34. The van der Waals surface area contributed by atoms with Crippen LogP contribution in [0.1, 0.15) is 17.5 Å². The second-order valence-corrected chi connectivity index (χ2v) is 5.72. The summed E-state index contributed by atoms with van der Waals surface area (Å²) >= 11 is 0. The quantitative estimate of drug-likeness (QED) is 0.862. The molecule has 3 rings (SSSR count). The zero-order chi connectivity index (χ0) is 18.5. The molecule has 2 aromatic carbocycles. The molecule has 0 radical (unpaired) electrons. The van der Waals surface area contributed by atoms with Crippen molar-refractivity contribution in [1.82, 2.24) is 5.32 Å². The largest absolute Gasteiger partial charge is 0.493 e. The van der Waals surface area contributed by atoms with E-state index in [9.17, 15) is 9.18 Å². The molecule has 26 heavy (non-hydrogen) atoms. The fourth-order valence-electron chi connectivity index (χ4n) is 2.70. The average Bonchev–Trinajstić information content (AvgIpc) is 3.16. The minimum atomic E-state index is -0.721. The first-order valence-corrected chi connectivity index (χ1v) is 8.08. The summed E-state index contributed by atoms with van der Waals surface area (Å²) in [6.45, 7) is 0.288. The van der Waals surface area contributed by atoms with Crippen LogP contribution in [0.2, 0.25) is 0 Å². The highest BCUT2D eigenvalue weighted by Gasteiger charge is 2.30. The fraction of sp³-hybridized carbons (Fsp3) is 0.263. The van der Waals surface area contributed by atoms with Crippen LogP contribution in [0, 0.1) is 5.82 Å². The third-order valence-corrected chi connectivity index (χ3v) is 4.06. The molecule has 136 valence electrons. The number of para-hydroxylation sites is 1. The van der Waals surface area contributed by atoms with Crippen molar-refractivity contribution in [2.24, 2.45) is 5.16 Å². The van der Waals surface area contributed by atoms with Crippen molar-refractivity contribution >= 4 is 11.6 Å². The van der Waals surface area contributed by atoms with Gasteiger partial charge in [0.1, 0.15) is 5.82 Å². The van der Waals surface area contributed by atoms with Gasteiger partial charge in [-0.05, 0) is 29.8 Å². The number of rotatable bonds is 6. The van der Waals surface area contributed by atoms with E-state index in [1.54, 1.807) is 32.4 Å². The van der Waals surface area contributed by atoms with Gasteiger partial charge in [-0.15, -0.1) is 0 Å². The van der Waals surface area contributed by atoms with Gasteiger partial charge in [0, 0.05) is 18.5 Å². The molecule has 0 saturated carbocycles. The summed E-state index contributed by atoms with van der Waals surface area (Å²) in [4.78, 5) is 17.6. The van der Waals surface area contributed by atoms with Gasteiger partial charge in [0.15, 0.2) is 11.5 Å². The normalized spacial score (nSPS) is 15.8. The summed E-state index contributed by atoms with van der Waals surface area (Å²) in [6, 6.07) is 11.4. The summed E-state index contributed by atoms with van der Waals surface area (Å²) in [5.74, 6) is 0.529. The molecule has 1 aliphatic rings. The smallest absolute Gasteiger partial charge is 0.264 e. The molecule has 2 aromatic rings. The zero-order valence-electron chi connectivity index (χ0n) is 14.5. The standard InChI is InChI=1S/C19H19FN2O4/c1-24-16-5-3-4-14(18(16)25-2)15-10-17(26-22-15)19(23)21-11-12-6-8-13(20)9-7-12/h3-9,17H,10-11H2,1-2H3,(H,21,23)/t17-/m1/s1. The Morgan fingerprint density at radius 3 is 2.69 bits per heavy atom. The highest BCUT2D eigenvalue weighted by molar-refractivity contribution is 6.06. The number of methoxy groups -OCH3 is 2. The van der Waals surface area contributed by atoms with E-state index in [0.717, 1.165) is 11.1 Å². The third-order valence-electron chi connectivity index (χ3n) is 4.06. The maximum absolute atomic E-state index is 12.9. The molecule has 0 saturated heterocycles. The molecule has 0 aliphatic carbocycles. The Balaban J connectivity index is 1.63. The molecule has 0 unspecified atom stereocenters. The molecular weight excluding hydrogens is 339 g/mol. The van der Waals surface area contributed by atoms with Crippen LogP contribution in [0.3, 0.4) is 0 Å². The maximum Gasteiger partial charge on any atom is 0.264 e. The second-order valence-electron chi connectivity index (χ2n) is 5.72. The van der Waals surface area contributed by atoms with Crippen LogP contribution in [0.15, 0.2) is 47.6 Å². The number of amides is 1. The molecule has 0 fully saturated rings. The first-order valence-electron chi connectivity index (χ1n) is 8.08. The maximum atomic E-state index is 12.9. The fourth-order valence-corrected chi connectivity index (χ4v) is 2.70. The topological polar surface area (TPSA) is 69.2 Å². The number of carbonyl (C=O) groups excluding carboxylic acids is 1. The van der Waals surface area contributed by atoms with Gasteiger partial charge in [-0.3, -0.25) is 4.79 Å². The Bertz CT molecular complexity index is 821. The molecule has 1 amide bonds. The van der Waals surface area contributed by atoms with Gasteiger partial charge in [0.05, 0.1) is 19.9 Å². The van der Waals surface area contributed by atoms with E-state index in [1.807, 2.05) is 12.1 Å². The van der Waals surface area contributed by atoms with Gasteiger partial charge in [-0.25, -0.2) is 4.39 Å². The molecule has 0 bridgehead atoms. The number of carbonyl (C=O) groups is 1. The first kappa shape index (κ1) is 17.7. The number of hydrogen-bond donors (Lipinski definition) is 1. The van der Waals surface area contributed by atoms with E-state index in [4.69, 9.17) is 14.3 Å². The van der Waals surface area contributed by atoms with Gasteiger partial charge in [0.25, 0.3) is 5.91 Å². The Morgan fingerprint density at radius 2 is 2.00 bits per heavy atom. The van der Waals surface area contributed by atoms with Crippen molar-refractivity contribution < 1.29 is 23.5 Å². The summed E-state index contributed by atoms with van der Waals surface area (Å²) in [7, 11) is 3.10. The van der Waals surface area contributed by atoms with Crippen LogP contribution in [-0.4, -0.2) is 31.9 Å². The van der Waals surface area contributed by atoms with E-state index >= 15 is 0 Å². The second kappa shape index (κ2) is 7.86. The van der Waals surface area contributed by atoms with Crippen LogP contribution >= 0.6 is 0 Å². The van der Waals surface area contributed by atoms with Crippen LogP contribution in [0.25, 0.3) is 0 Å². The lowest BCUT2D eigenvalue weighted by atomic mass is 10.0. The molecule has 0 spiro atoms. The Kier molecular flexibility index (Phi) is 5.36. The van der Waals surface area contributed by atoms with Gasteiger partial charge in [0.2, 0.25) is 6.10 Å². The monoisotopic (exact) mass is 358 g/mol. The number of benzene rings is 2. The minimum absolute atomic E-state index is 0.282. The van der Waals surface area contributed by atoms with Crippen molar-refractivity contribution in [3.63, 3.8) is 0 Å². The number of nitrogens with zero attached hydrogens (tertiary/aromatic N) is 1. The SMILES string of the molecule is COc1cccc(C2=NO[C@@H](C(=O)NCc3ccc(F)cc3)C2)c1OC. The number of nitrogens with one attached hydrogen (secondary N) is 1. The van der Waals surface area contributed by atoms with E-state index in [2.05, 4.69) is 10.5 Å². The van der Waals surface area contributed by atoms with Crippen LogP contribution in [0.5, 0.6) is 11.5 Å². The zero-order valence-corrected chi connectivity index (χ0v) is 14.5. The Morgan fingerprint density at radius 1 is 1.23 bits per heavy atom. The van der Waals surface area contributed by atoms with Crippen molar-refractivity contribution in [3.8, 4) is 11.5 Å². The highest BCUT2D eigenvalue weighted by atomic mass is 19.1. The van der Waals surface area contributed by atoms with E-state index in [1.165, 1.54) is 12.1 Å². The minimum Gasteiger partial charge on any atom is -0.493 e. The lowest BCUT2D eigenvalue weighted by Gasteiger charge is -2.12. The molecular formula is C19H19FN2O4. The van der Waals surface area contributed by atoms with E-state index in [0.29, 0.717) is 23.6 Å². The van der Waals surface area contributed by atoms with Crippen LogP contribution < -0.4 is 14.8 Å². The van der Waals surface area contributed by atoms with Crippen molar-refractivity contribution in [3.05, 3.63) is 59.4 Å². The van der Waals surface area contributed by atoms with Crippen molar-refractivity contribution in [2.45, 2.75) is 19.1 Å². The van der Waals surface area contributed by atoms with Crippen molar-refractivity contribution in [1.29, 1.82) is 0 Å². The predicted octanol–water partition coefficient (Wildman–Crippen LogP) is 2.65. The van der Waals surface area contributed by atoms with Crippen LogP contribution in [0.4, 0.5) is 4.39 Å². The number of hydrogen-bond acceptors (Lipinski definition) is 5. The molecule has 7 heteroatoms. The van der Waals surface area contributed by atoms with E-state index in [-0.39, 0.29) is 18.3 Å². The molecule has 0 aromatic heterocycles. The predicted molar refractivity (Wildman–Crippen MR) is 93.8 cm³/mol. The van der Waals surface area contributed by atoms with Gasteiger partial charge in [-0.1, -0.05) is 23.4 Å². The van der Waals surface area contributed by atoms with Gasteiger partial charge in [-0.2, -0.15) is 0 Å². The third kappa shape index (κ3) is 3.77. The molecule has 1 heterocycles. The van der Waals surface area contributed by atoms with E-state index < -0.39 is 6.10 Å². The van der Waals surface area contributed by atoms with Crippen molar-refractivity contribution in [2.75, 3.05) is 14.2 Å². The molecule has 6 nitrogen and oxygen atoms in total.